The van der Waals surface area contributed by atoms with E-state index in [0.29, 0.717) is 23.5 Å². The first-order chi connectivity index (χ1) is 11.3. The first-order valence-electron chi connectivity index (χ1n) is 9.69. The molecule has 1 saturated heterocycles. The van der Waals surface area contributed by atoms with Crippen LogP contribution in [0.25, 0.3) is 0 Å². The number of hydrogen-bond acceptors (Lipinski definition) is 3. The average Bonchev–Trinajstić information content (AvgIpc) is 3.30. The Balaban J connectivity index is 1.92. The van der Waals surface area contributed by atoms with Crippen LogP contribution in [0.4, 0.5) is 0 Å². The molecule has 0 aromatic carbocycles. The summed E-state index contributed by atoms with van der Waals surface area (Å²) < 4.78 is 12.2. The van der Waals surface area contributed by atoms with Crippen molar-refractivity contribution in [3.63, 3.8) is 0 Å². The van der Waals surface area contributed by atoms with Gasteiger partial charge in [0.25, 0.3) is 0 Å². The van der Waals surface area contributed by atoms with Gasteiger partial charge in [0, 0.05) is 24.4 Å². The zero-order valence-electron chi connectivity index (χ0n) is 15.6. The molecule has 0 aromatic rings. The van der Waals surface area contributed by atoms with Gasteiger partial charge in [-0.2, -0.15) is 0 Å². The standard InChI is InChI=1S/C21H32O3/c1-6-19(4)11-15-13(2)7-9-20(14(3)18(19)22)10-8-16(23-5)17(20)21(15)12-24-21/h6,13-17H,1,7-12H2,2-5H3/t13-,14+,15-,16?,17?,19-,20+,21-/m1/s1. The van der Waals surface area contributed by atoms with Gasteiger partial charge in [0.05, 0.1) is 12.7 Å². The fourth-order valence-corrected chi connectivity index (χ4v) is 6.90. The molecule has 1 heterocycles. The molecular weight excluding hydrogens is 300 g/mol. The van der Waals surface area contributed by atoms with Crippen molar-refractivity contribution in [3.8, 4) is 0 Å². The number of carbonyl (C=O) groups excluding carboxylic acids is 1. The van der Waals surface area contributed by atoms with Crippen LogP contribution in [0.2, 0.25) is 0 Å². The summed E-state index contributed by atoms with van der Waals surface area (Å²) in [5.74, 6) is 1.84. The maximum Gasteiger partial charge on any atom is 0.145 e. The van der Waals surface area contributed by atoms with E-state index in [-0.39, 0.29) is 23.0 Å². The number of methoxy groups -OCH3 is 1. The van der Waals surface area contributed by atoms with E-state index in [0.717, 1.165) is 32.3 Å². The first-order valence-corrected chi connectivity index (χ1v) is 9.69. The lowest BCUT2D eigenvalue weighted by Crippen LogP contribution is -2.54. The van der Waals surface area contributed by atoms with E-state index in [2.05, 4.69) is 27.4 Å². The number of ketones is 1. The van der Waals surface area contributed by atoms with Gasteiger partial charge in [-0.25, -0.2) is 0 Å². The van der Waals surface area contributed by atoms with E-state index in [1.807, 2.05) is 13.2 Å². The molecule has 2 unspecified atom stereocenters. The molecule has 24 heavy (non-hydrogen) atoms. The van der Waals surface area contributed by atoms with Crippen LogP contribution < -0.4 is 0 Å². The quantitative estimate of drug-likeness (QED) is 0.566. The van der Waals surface area contributed by atoms with E-state index in [1.165, 1.54) is 6.42 Å². The van der Waals surface area contributed by atoms with Gasteiger partial charge in [-0.3, -0.25) is 4.79 Å². The first kappa shape index (κ1) is 16.8. The van der Waals surface area contributed by atoms with Crippen molar-refractivity contribution in [2.75, 3.05) is 13.7 Å². The van der Waals surface area contributed by atoms with Crippen LogP contribution in [0.1, 0.15) is 52.9 Å². The van der Waals surface area contributed by atoms with Gasteiger partial charge in [-0.1, -0.05) is 19.9 Å². The number of rotatable bonds is 2. The Hall–Kier alpha value is -0.670. The lowest BCUT2D eigenvalue weighted by Gasteiger charge is -2.49. The molecular formula is C21H32O3. The Labute approximate surface area is 146 Å². The van der Waals surface area contributed by atoms with Gasteiger partial charge in [0.1, 0.15) is 11.4 Å². The lowest BCUT2D eigenvalue weighted by molar-refractivity contribution is -0.142. The SMILES string of the molecule is C=C[C@]1(C)C[C@@H]2[C@H](C)CC[C@]3(CCC(OC)C3[C@@]23CO3)[C@@H](C)C1=O. The van der Waals surface area contributed by atoms with Crippen molar-refractivity contribution in [1.82, 2.24) is 0 Å². The molecule has 0 amide bonds. The number of epoxide rings is 1. The van der Waals surface area contributed by atoms with Gasteiger partial charge < -0.3 is 9.47 Å². The lowest BCUT2D eigenvalue weighted by atomic mass is 9.54. The van der Waals surface area contributed by atoms with E-state index >= 15 is 0 Å². The summed E-state index contributed by atoms with van der Waals surface area (Å²) in [6.45, 7) is 11.6. The van der Waals surface area contributed by atoms with E-state index in [9.17, 15) is 4.79 Å². The van der Waals surface area contributed by atoms with E-state index < -0.39 is 5.41 Å². The Kier molecular flexibility index (Phi) is 3.61. The van der Waals surface area contributed by atoms with E-state index in [4.69, 9.17) is 9.47 Å². The van der Waals surface area contributed by atoms with Gasteiger partial charge in [0.2, 0.25) is 0 Å². The molecule has 4 rings (SSSR count). The zero-order chi connectivity index (χ0) is 17.3. The van der Waals surface area contributed by atoms with E-state index in [1.54, 1.807) is 0 Å². The van der Waals surface area contributed by atoms with Crippen molar-refractivity contribution < 1.29 is 14.3 Å². The highest BCUT2D eigenvalue weighted by Crippen LogP contribution is 2.69. The summed E-state index contributed by atoms with van der Waals surface area (Å²) in [6, 6.07) is 0. The summed E-state index contributed by atoms with van der Waals surface area (Å²) in [5.41, 5.74) is -0.445. The van der Waals surface area contributed by atoms with Crippen LogP contribution in [0, 0.1) is 34.5 Å². The second-order valence-electron chi connectivity index (χ2n) is 9.30. The molecule has 0 radical (unpaired) electrons. The van der Waals surface area contributed by atoms with Crippen LogP contribution in [0.5, 0.6) is 0 Å². The van der Waals surface area contributed by atoms with Crippen molar-refractivity contribution in [1.29, 1.82) is 0 Å². The Morgan fingerprint density at radius 1 is 1.29 bits per heavy atom. The zero-order valence-corrected chi connectivity index (χ0v) is 15.6. The smallest absolute Gasteiger partial charge is 0.145 e. The number of carbonyl (C=O) groups is 1. The summed E-state index contributed by atoms with van der Waals surface area (Å²) in [7, 11) is 1.84. The minimum Gasteiger partial charge on any atom is -0.381 e. The number of allylic oxidation sites excluding steroid dienone is 1. The monoisotopic (exact) mass is 332 g/mol. The molecule has 3 saturated carbocycles. The molecule has 3 nitrogen and oxygen atoms in total. The van der Waals surface area contributed by atoms with Gasteiger partial charge in [-0.15, -0.1) is 6.58 Å². The highest BCUT2D eigenvalue weighted by atomic mass is 16.6. The molecule has 8 atom stereocenters. The maximum atomic E-state index is 13.5. The minimum atomic E-state index is -0.426. The fraction of sp³-hybridized carbons (Fsp3) is 0.857. The Bertz CT molecular complexity index is 565. The van der Waals surface area contributed by atoms with Gasteiger partial charge >= 0.3 is 0 Å². The fourth-order valence-electron chi connectivity index (χ4n) is 6.90. The highest BCUT2D eigenvalue weighted by Gasteiger charge is 2.72. The molecule has 4 fully saturated rings. The van der Waals surface area contributed by atoms with Crippen molar-refractivity contribution in [2.45, 2.75) is 64.6 Å². The van der Waals surface area contributed by atoms with Crippen molar-refractivity contribution in [2.24, 2.45) is 34.5 Å². The molecule has 1 spiro atoms. The number of ether oxygens (including phenoxy) is 2. The minimum absolute atomic E-state index is 0.0436. The van der Waals surface area contributed by atoms with Gasteiger partial charge in [-0.05, 0) is 56.3 Å². The average molecular weight is 332 g/mol. The largest absolute Gasteiger partial charge is 0.381 e. The Morgan fingerprint density at radius 2 is 1.96 bits per heavy atom. The molecule has 3 aliphatic carbocycles. The Morgan fingerprint density at radius 3 is 2.54 bits per heavy atom. The summed E-state index contributed by atoms with van der Waals surface area (Å²) >= 11 is 0. The predicted molar refractivity (Wildman–Crippen MR) is 93.6 cm³/mol. The third kappa shape index (κ3) is 1.89. The van der Waals surface area contributed by atoms with Crippen molar-refractivity contribution >= 4 is 5.78 Å². The third-order valence-electron chi connectivity index (χ3n) is 8.49. The number of Topliss-reactive ketones (excluding diaryl/α,β-unsaturated/α-hetero) is 1. The van der Waals surface area contributed by atoms with Crippen LogP contribution in [0.15, 0.2) is 12.7 Å². The molecule has 4 aliphatic rings. The summed E-state index contributed by atoms with van der Waals surface area (Å²) in [6.07, 6.45) is 7.54. The number of hydrogen-bond donors (Lipinski definition) is 0. The molecule has 134 valence electrons. The third-order valence-corrected chi connectivity index (χ3v) is 8.49. The van der Waals surface area contributed by atoms with Crippen LogP contribution in [-0.4, -0.2) is 31.2 Å². The normalized spacial score (nSPS) is 56.5. The second-order valence-corrected chi connectivity index (χ2v) is 9.30. The predicted octanol–water partition coefficient (Wildman–Crippen LogP) is 4.01. The van der Waals surface area contributed by atoms with Crippen LogP contribution in [-0.2, 0) is 14.3 Å². The molecule has 2 bridgehead atoms. The van der Waals surface area contributed by atoms with Crippen LogP contribution in [0.3, 0.4) is 0 Å². The topological polar surface area (TPSA) is 38.8 Å². The molecule has 0 aromatic heterocycles. The molecule has 0 N–H and O–H groups in total. The highest BCUT2D eigenvalue weighted by molar-refractivity contribution is 5.89. The molecule has 1 aliphatic heterocycles. The maximum absolute atomic E-state index is 13.5. The summed E-state index contributed by atoms with van der Waals surface area (Å²) in [5, 5.41) is 0. The summed E-state index contributed by atoms with van der Waals surface area (Å²) in [4.78, 5) is 13.5. The van der Waals surface area contributed by atoms with Crippen LogP contribution >= 0.6 is 0 Å². The van der Waals surface area contributed by atoms with Crippen molar-refractivity contribution in [3.05, 3.63) is 12.7 Å². The molecule has 3 heteroatoms. The second kappa shape index (κ2) is 5.17. The van der Waals surface area contributed by atoms with Gasteiger partial charge in [0.15, 0.2) is 0 Å².